The maximum atomic E-state index is 12.6. The predicted molar refractivity (Wildman–Crippen MR) is 119 cm³/mol. The Morgan fingerprint density at radius 1 is 1.18 bits per heavy atom. The Morgan fingerprint density at radius 3 is 2.64 bits per heavy atom. The number of hydrogen-bond donors (Lipinski definition) is 2. The van der Waals surface area contributed by atoms with E-state index in [9.17, 15) is 14.4 Å². The van der Waals surface area contributed by atoms with Gasteiger partial charge in [-0.3, -0.25) is 9.59 Å². The van der Waals surface area contributed by atoms with Gasteiger partial charge in [0.2, 0.25) is 11.8 Å². The first kappa shape index (κ1) is 22.6. The Labute approximate surface area is 191 Å². The molecule has 4 rings (SSSR count). The first-order valence-corrected chi connectivity index (χ1v) is 10.8. The number of carboxylic acids is 1. The molecule has 0 bridgehead atoms. The molecule has 2 aromatic carbocycles. The van der Waals surface area contributed by atoms with E-state index in [0.717, 1.165) is 18.4 Å². The Hall–Kier alpha value is -3.59. The standard InChI is InChI=1S/C24H26N2O7/c1-31-19-9-6-16(11-20(19)33-23-3-2-10-32-23)17-12-22(28)26(13-17)14-21(27)25-18-7-4-15(5-8-18)24(29)30/h4-9,11,17,23H,2-3,10,12-14H2,1H3,(H,25,27)(H,29,30)/t17-,23?/m1/s1. The highest BCUT2D eigenvalue weighted by Crippen LogP contribution is 2.36. The maximum Gasteiger partial charge on any atom is 0.335 e. The van der Waals surface area contributed by atoms with Gasteiger partial charge in [0.1, 0.15) is 0 Å². The minimum absolute atomic E-state index is 0.0714. The minimum atomic E-state index is -1.04. The number of carbonyl (C=O) groups excluding carboxylic acids is 2. The van der Waals surface area contributed by atoms with Gasteiger partial charge in [-0.1, -0.05) is 6.07 Å². The quantitative estimate of drug-likeness (QED) is 0.630. The van der Waals surface area contributed by atoms with E-state index in [2.05, 4.69) is 5.32 Å². The van der Waals surface area contributed by atoms with Crippen molar-refractivity contribution >= 4 is 23.5 Å². The van der Waals surface area contributed by atoms with E-state index in [1.165, 1.54) is 29.2 Å². The molecule has 174 valence electrons. The molecule has 0 aliphatic carbocycles. The first-order valence-electron chi connectivity index (χ1n) is 10.8. The number of carbonyl (C=O) groups is 3. The Bertz CT molecular complexity index is 1030. The van der Waals surface area contributed by atoms with Crippen molar-refractivity contribution in [3.05, 3.63) is 53.6 Å². The molecule has 2 fully saturated rings. The lowest BCUT2D eigenvalue weighted by Gasteiger charge is -2.19. The van der Waals surface area contributed by atoms with Gasteiger partial charge >= 0.3 is 5.97 Å². The number of likely N-dealkylation sites (tertiary alicyclic amines) is 1. The Balaban J connectivity index is 1.38. The van der Waals surface area contributed by atoms with Crippen molar-refractivity contribution in [1.29, 1.82) is 0 Å². The summed E-state index contributed by atoms with van der Waals surface area (Å²) in [4.78, 5) is 37.5. The summed E-state index contributed by atoms with van der Waals surface area (Å²) in [6.07, 6.45) is 1.76. The van der Waals surface area contributed by atoms with E-state index in [0.29, 0.717) is 36.8 Å². The highest BCUT2D eigenvalue weighted by atomic mass is 16.7. The predicted octanol–water partition coefficient (Wildman–Crippen LogP) is 2.86. The van der Waals surface area contributed by atoms with Gasteiger partial charge in [-0.2, -0.15) is 0 Å². The number of rotatable bonds is 8. The summed E-state index contributed by atoms with van der Waals surface area (Å²) in [5.74, 6) is -0.376. The highest BCUT2D eigenvalue weighted by Gasteiger charge is 2.32. The molecule has 9 nitrogen and oxygen atoms in total. The van der Waals surface area contributed by atoms with Crippen molar-refractivity contribution < 1.29 is 33.7 Å². The molecule has 2 aliphatic heterocycles. The van der Waals surface area contributed by atoms with E-state index >= 15 is 0 Å². The van der Waals surface area contributed by atoms with Crippen molar-refractivity contribution in [2.24, 2.45) is 0 Å². The van der Waals surface area contributed by atoms with Gasteiger partial charge < -0.3 is 29.5 Å². The summed E-state index contributed by atoms with van der Waals surface area (Å²) in [6, 6.07) is 11.5. The molecule has 1 unspecified atom stereocenters. The second-order valence-electron chi connectivity index (χ2n) is 8.08. The molecule has 0 spiro atoms. The molecule has 2 N–H and O–H groups in total. The van der Waals surface area contributed by atoms with Crippen LogP contribution in [0.15, 0.2) is 42.5 Å². The summed E-state index contributed by atoms with van der Waals surface area (Å²) in [5, 5.41) is 11.7. The lowest BCUT2D eigenvalue weighted by atomic mass is 9.98. The lowest BCUT2D eigenvalue weighted by molar-refractivity contribution is -0.131. The van der Waals surface area contributed by atoms with Crippen molar-refractivity contribution in [2.75, 3.05) is 32.1 Å². The zero-order valence-corrected chi connectivity index (χ0v) is 18.3. The van der Waals surface area contributed by atoms with Crippen LogP contribution >= 0.6 is 0 Å². The molecule has 2 aliphatic rings. The number of hydrogen-bond acceptors (Lipinski definition) is 6. The van der Waals surface area contributed by atoms with E-state index in [4.69, 9.17) is 19.3 Å². The molecule has 0 aromatic heterocycles. The molecule has 2 amide bonds. The first-order chi connectivity index (χ1) is 15.9. The number of aromatic carboxylic acids is 1. The smallest absolute Gasteiger partial charge is 0.335 e. The average Bonchev–Trinajstić information content (AvgIpc) is 3.44. The number of anilines is 1. The van der Waals surface area contributed by atoms with Crippen LogP contribution in [0.5, 0.6) is 11.5 Å². The third kappa shape index (κ3) is 5.43. The third-order valence-electron chi connectivity index (χ3n) is 5.77. The van der Waals surface area contributed by atoms with Crippen LogP contribution in [0.4, 0.5) is 5.69 Å². The van der Waals surface area contributed by atoms with Gasteiger partial charge in [-0.25, -0.2) is 4.79 Å². The summed E-state index contributed by atoms with van der Waals surface area (Å²) < 4.78 is 16.9. The van der Waals surface area contributed by atoms with E-state index in [-0.39, 0.29) is 36.1 Å². The van der Waals surface area contributed by atoms with Crippen molar-refractivity contribution in [2.45, 2.75) is 31.5 Å². The van der Waals surface area contributed by atoms with Crippen LogP contribution in [0.1, 0.15) is 41.1 Å². The molecule has 2 heterocycles. The number of carboxylic acid groups (broad SMARTS) is 1. The molecule has 0 saturated carbocycles. The third-order valence-corrected chi connectivity index (χ3v) is 5.77. The van der Waals surface area contributed by atoms with Crippen LogP contribution in [0.3, 0.4) is 0 Å². The Morgan fingerprint density at radius 2 is 1.97 bits per heavy atom. The van der Waals surface area contributed by atoms with Gasteiger partial charge in [-0.15, -0.1) is 0 Å². The molecule has 2 aromatic rings. The van der Waals surface area contributed by atoms with Crippen LogP contribution in [0, 0.1) is 0 Å². The molecular formula is C24H26N2O7. The van der Waals surface area contributed by atoms with Gasteiger partial charge in [0.25, 0.3) is 0 Å². The van der Waals surface area contributed by atoms with Crippen molar-refractivity contribution in [3.63, 3.8) is 0 Å². The molecule has 0 radical (unpaired) electrons. The number of benzene rings is 2. The van der Waals surface area contributed by atoms with Crippen molar-refractivity contribution in [3.8, 4) is 11.5 Å². The lowest BCUT2D eigenvalue weighted by Crippen LogP contribution is -2.34. The van der Waals surface area contributed by atoms with Gasteiger partial charge in [-0.05, 0) is 48.4 Å². The SMILES string of the molecule is COc1ccc([C@@H]2CC(=O)N(CC(=O)Nc3ccc(C(=O)O)cc3)C2)cc1OC1CCCO1. The minimum Gasteiger partial charge on any atom is -0.493 e. The normalized spacial score (nSPS) is 20.0. The van der Waals surface area contributed by atoms with E-state index in [1.54, 1.807) is 7.11 Å². The zero-order chi connectivity index (χ0) is 23.4. The summed E-state index contributed by atoms with van der Waals surface area (Å²) in [7, 11) is 1.58. The second kappa shape index (κ2) is 9.91. The average molecular weight is 454 g/mol. The van der Waals surface area contributed by atoms with Crippen LogP contribution in [0.25, 0.3) is 0 Å². The number of nitrogens with one attached hydrogen (secondary N) is 1. The maximum absolute atomic E-state index is 12.6. The van der Waals surface area contributed by atoms with Crippen LogP contribution in [-0.2, 0) is 14.3 Å². The topological polar surface area (TPSA) is 114 Å². The van der Waals surface area contributed by atoms with Crippen LogP contribution < -0.4 is 14.8 Å². The molecule has 9 heteroatoms. The van der Waals surface area contributed by atoms with Crippen LogP contribution in [-0.4, -0.2) is 60.9 Å². The number of methoxy groups -OCH3 is 1. The summed E-state index contributed by atoms with van der Waals surface area (Å²) >= 11 is 0. The molecular weight excluding hydrogens is 428 g/mol. The number of amides is 2. The highest BCUT2D eigenvalue weighted by molar-refractivity contribution is 5.95. The van der Waals surface area contributed by atoms with E-state index < -0.39 is 5.97 Å². The fourth-order valence-corrected chi connectivity index (χ4v) is 4.04. The second-order valence-corrected chi connectivity index (χ2v) is 8.08. The molecule has 2 saturated heterocycles. The van der Waals surface area contributed by atoms with Gasteiger partial charge in [0.15, 0.2) is 17.8 Å². The summed E-state index contributed by atoms with van der Waals surface area (Å²) in [6.45, 7) is 1.01. The summed E-state index contributed by atoms with van der Waals surface area (Å²) in [5.41, 5.74) is 1.54. The fraction of sp³-hybridized carbons (Fsp3) is 0.375. The number of ether oxygens (including phenoxy) is 3. The van der Waals surface area contributed by atoms with E-state index in [1.807, 2.05) is 18.2 Å². The molecule has 2 atom stereocenters. The number of nitrogens with zero attached hydrogens (tertiary/aromatic N) is 1. The molecule has 33 heavy (non-hydrogen) atoms. The van der Waals surface area contributed by atoms with Gasteiger partial charge in [0, 0.05) is 31.0 Å². The largest absolute Gasteiger partial charge is 0.493 e. The fourth-order valence-electron chi connectivity index (χ4n) is 4.04. The van der Waals surface area contributed by atoms with Crippen molar-refractivity contribution in [1.82, 2.24) is 4.90 Å². The van der Waals surface area contributed by atoms with Gasteiger partial charge in [0.05, 0.1) is 25.8 Å². The Kier molecular flexibility index (Phi) is 6.79. The monoisotopic (exact) mass is 454 g/mol. The van der Waals surface area contributed by atoms with Crippen LogP contribution in [0.2, 0.25) is 0 Å². The zero-order valence-electron chi connectivity index (χ0n) is 18.3.